The number of hydrogen-bond donors (Lipinski definition) is 0. The van der Waals surface area contributed by atoms with Crippen molar-refractivity contribution in [2.24, 2.45) is 18.9 Å². The van der Waals surface area contributed by atoms with Gasteiger partial charge in [0.05, 0.1) is 12.3 Å². The second-order valence-corrected chi connectivity index (χ2v) is 5.14. The molecule has 1 aliphatic carbocycles. The molecule has 0 aromatic carbocycles. The van der Waals surface area contributed by atoms with E-state index >= 15 is 0 Å². The summed E-state index contributed by atoms with van der Waals surface area (Å²) in [6, 6.07) is 0. The number of alkyl halides is 3. The summed E-state index contributed by atoms with van der Waals surface area (Å²) in [7, 11) is 1.73. The van der Waals surface area contributed by atoms with Crippen LogP contribution in [0.15, 0.2) is 12.4 Å². The van der Waals surface area contributed by atoms with Crippen molar-refractivity contribution in [2.75, 3.05) is 0 Å². The van der Waals surface area contributed by atoms with Gasteiger partial charge in [-0.05, 0) is 12.8 Å². The highest BCUT2D eigenvalue weighted by Crippen LogP contribution is 2.42. The first kappa shape index (κ1) is 14.1. The SMILES string of the molecule is Cn1ccnc1CC(=O)C1CCCCC1C(F)(F)F. The van der Waals surface area contributed by atoms with E-state index in [1.165, 1.54) is 0 Å². The molecule has 2 atom stereocenters. The van der Waals surface area contributed by atoms with Gasteiger partial charge in [0, 0.05) is 25.4 Å². The van der Waals surface area contributed by atoms with Gasteiger partial charge in [-0.25, -0.2) is 4.98 Å². The predicted octanol–water partition coefficient (Wildman–Crippen LogP) is 2.90. The Hall–Kier alpha value is -1.33. The highest BCUT2D eigenvalue weighted by atomic mass is 19.4. The van der Waals surface area contributed by atoms with Crippen LogP contribution in [0.1, 0.15) is 31.5 Å². The van der Waals surface area contributed by atoms with Crippen molar-refractivity contribution >= 4 is 5.78 Å². The smallest absolute Gasteiger partial charge is 0.338 e. The van der Waals surface area contributed by atoms with Gasteiger partial charge in [-0.2, -0.15) is 13.2 Å². The van der Waals surface area contributed by atoms with Crippen molar-refractivity contribution < 1.29 is 18.0 Å². The summed E-state index contributed by atoms with van der Waals surface area (Å²) in [6.45, 7) is 0. The molecule has 2 rings (SSSR count). The normalized spacial score (nSPS) is 24.4. The van der Waals surface area contributed by atoms with Crippen LogP contribution < -0.4 is 0 Å². The van der Waals surface area contributed by atoms with Gasteiger partial charge in [0.2, 0.25) is 0 Å². The largest absolute Gasteiger partial charge is 0.392 e. The summed E-state index contributed by atoms with van der Waals surface area (Å²) in [5.41, 5.74) is 0. The molecule has 0 spiro atoms. The number of ketones is 1. The van der Waals surface area contributed by atoms with Crippen molar-refractivity contribution in [2.45, 2.75) is 38.3 Å². The number of halogens is 3. The van der Waals surface area contributed by atoms with E-state index in [0.717, 1.165) is 0 Å². The molecule has 2 unspecified atom stereocenters. The van der Waals surface area contributed by atoms with Crippen LogP contribution in [0, 0.1) is 11.8 Å². The number of rotatable bonds is 3. The first-order valence-electron chi connectivity index (χ1n) is 6.45. The maximum absolute atomic E-state index is 12.9. The zero-order valence-electron chi connectivity index (χ0n) is 10.8. The van der Waals surface area contributed by atoms with E-state index in [4.69, 9.17) is 0 Å². The second kappa shape index (κ2) is 5.35. The molecule has 6 heteroatoms. The van der Waals surface area contributed by atoms with E-state index in [1.54, 1.807) is 24.0 Å². The van der Waals surface area contributed by atoms with Gasteiger partial charge in [0.1, 0.15) is 11.6 Å². The van der Waals surface area contributed by atoms with Crippen LogP contribution in [0.25, 0.3) is 0 Å². The van der Waals surface area contributed by atoms with Crippen molar-refractivity contribution in [3.8, 4) is 0 Å². The monoisotopic (exact) mass is 274 g/mol. The van der Waals surface area contributed by atoms with Crippen molar-refractivity contribution in [1.29, 1.82) is 0 Å². The predicted molar refractivity (Wildman–Crippen MR) is 63.4 cm³/mol. The molecule has 1 aromatic rings. The first-order valence-corrected chi connectivity index (χ1v) is 6.45. The quantitative estimate of drug-likeness (QED) is 0.849. The van der Waals surface area contributed by atoms with Crippen LogP contribution in [0.2, 0.25) is 0 Å². The lowest BCUT2D eigenvalue weighted by atomic mass is 9.76. The molecule has 0 saturated heterocycles. The van der Waals surface area contributed by atoms with Crippen LogP contribution in [-0.4, -0.2) is 21.5 Å². The Morgan fingerprint density at radius 1 is 1.42 bits per heavy atom. The highest BCUT2D eigenvalue weighted by molar-refractivity contribution is 5.83. The summed E-state index contributed by atoms with van der Waals surface area (Å²) in [5, 5.41) is 0. The zero-order chi connectivity index (χ0) is 14.0. The molecule has 1 aromatic heterocycles. The standard InChI is InChI=1S/C13H17F3N2O/c1-18-7-6-17-12(18)8-11(19)9-4-2-3-5-10(9)13(14,15)16/h6-7,9-10H,2-5,8H2,1H3. The molecule has 0 bridgehead atoms. The zero-order valence-corrected chi connectivity index (χ0v) is 10.8. The number of Topliss-reactive ketones (excluding diaryl/α,β-unsaturated/α-hetero) is 1. The molecule has 0 N–H and O–H groups in total. The van der Waals surface area contributed by atoms with Crippen LogP contribution >= 0.6 is 0 Å². The number of aryl methyl sites for hydroxylation is 1. The summed E-state index contributed by atoms with van der Waals surface area (Å²) in [5.74, 6) is -2.19. The Labute approximate surface area is 109 Å². The molecule has 3 nitrogen and oxygen atoms in total. The van der Waals surface area contributed by atoms with E-state index in [1.807, 2.05) is 0 Å². The third-order valence-electron chi connectivity index (χ3n) is 3.85. The lowest BCUT2D eigenvalue weighted by Crippen LogP contribution is -2.38. The lowest BCUT2D eigenvalue weighted by Gasteiger charge is -2.31. The molecule has 1 saturated carbocycles. The molecule has 1 fully saturated rings. The van der Waals surface area contributed by atoms with Crippen LogP contribution in [-0.2, 0) is 18.3 Å². The molecule has 0 amide bonds. The Balaban J connectivity index is 2.10. The maximum atomic E-state index is 12.9. The van der Waals surface area contributed by atoms with Gasteiger partial charge >= 0.3 is 6.18 Å². The molecule has 106 valence electrons. The Kier molecular flexibility index (Phi) is 3.96. The fourth-order valence-corrected chi connectivity index (χ4v) is 2.76. The number of aromatic nitrogens is 2. The first-order chi connectivity index (χ1) is 8.89. The van der Waals surface area contributed by atoms with E-state index in [0.29, 0.717) is 25.1 Å². The van der Waals surface area contributed by atoms with Crippen molar-refractivity contribution in [1.82, 2.24) is 9.55 Å². The topological polar surface area (TPSA) is 34.9 Å². The molecular formula is C13H17F3N2O. The summed E-state index contributed by atoms with van der Waals surface area (Å²) < 4.78 is 40.5. The summed E-state index contributed by atoms with van der Waals surface area (Å²) in [4.78, 5) is 16.1. The summed E-state index contributed by atoms with van der Waals surface area (Å²) >= 11 is 0. The van der Waals surface area contributed by atoms with E-state index in [9.17, 15) is 18.0 Å². The van der Waals surface area contributed by atoms with Gasteiger partial charge in [-0.1, -0.05) is 12.8 Å². The molecular weight excluding hydrogens is 257 g/mol. The van der Waals surface area contributed by atoms with Gasteiger partial charge < -0.3 is 4.57 Å². The minimum atomic E-state index is -4.28. The fraction of sp³-hybridized carbons (Fsp3) is 0.692. The van der Waals surface area contributed by atoms with Gasteiger partial charge in [-0.15, -0.1) is 0 Å². The van der Waals surface area contributed by atoms with Gasteiger partial charge in [-0.3, -0.25) is 4.79 Å². The van der Waals surface area contributed by atoms with Crippen LogP contribution in [0.4, 0.5) is 13.2 Å². The number of nitrogens with zero attached hydrogens (tertiary/aromatic N) is 2. The van der Waals surface area contributed by atoms with Gasteiger partial charge in [0.25, 0.3) is 0 Å². The summed E-state index contributed by atoms with van der Waals surface area (Å²) in [6.07, 6.45) is 0.604. The minimum Gasteiger partial charge on any atom is -0.338 e. The molecule has 1 aliphatic rings. The Morgan fingerprint density at radius 2 is 2.11 bits per heavy atom. The fourth-order valence-electron chi connectivity index (χ4n) is 2.76. The van der Waals surface area contributed by atoms with Crippen LogP contribution in [0.3, 0.4) is 0 Å². The number of carbonyl (C=O) groups is 1. The van der Waals surface area contributed by atoms with Crippen molar-refractivity contribution in [3.05, 3.63) is 18.2 Å². The maximum Gasteiger partial charge on any atom is 0.392 e. The molecule has 0 radical (unpaired) electrons. The molecule has 19 heavy (non-hydrogen) atoms. The van der Waals surface area contributed by atoms with Gasteiger partial charge in [0.15, 0.2) is 0 Å². The van der Waals surface area contributed by atoms with Crippen molar-refractivity contribution in [3.63, 3.8) is 0 Å². The van der Waals surface area contributed by atoms with E-state index in [2.05, 4.69) is 4.98 Å². The van der Waals surface area contributed by atoms with E-state index < -0.39 is 18.0 Å². The number of imidazole rings is 1. The third kappa shape index (κ3) is 3.16. The molecule has 0 aliphatic heterocycles. The number of carbonyl (C=O) groups excluding carboxylic acids is 1. The third-order valence-corrected chi connectivity index (χ3v) is 3.85. The highest BCUT2D eigenvalue weighted by Gasteiger charge is 2.47. The average Bonchev–Trinajstić information content (AvgIpc) is 2.74. The van der Waals surface area contributed by atoms with Crippen LogP contribution in [0.5, 0.6) is 0 Å². The lowest BCUT2D eigenvalue weighted by molar-refractivity contribution is -0.197. The minimum absolute atomic E-state index is 0.0131. The van der Waals surface area contributed by atoms with E-state index in [-0.39, 0.29) is 18.6 Å². The average molecular weight is 274 g/mol. The Bertz CT molecular complexity index is 453. The number of hydrogen-bond acceptors (Lipinski definition) is 2. The Morgan fingerprint density at radius 3 is 2.68 bits per heavy atom. The molecule has 1 heterocycles. The second-order valence-electron chi connectivity index (χ2n) is 5.14.